The minimum atomic E-state index is 0.443. The molecule has 1 heterocycles. The normalized spacial score (nSPS) is 10.1. The number of hydrogen-bond donors (Lipinski definition) is 1. The zero-order valence-corrected chi connectivity index (χ0v) is 11.1. The van der Waals surface area contributed by atoms with Gasteiger partial charge in [0.2, 0.25) is 0 Å². The molecule has 1 aromatic rings. The van der Waals surface area contributed by atoms with Crippen molar-refractivity contribution in [2.24, 2.45) is 5.73 Å². The Bertz CT molecular complexity index is 356. The van der Waals surface area contributed by atoms with Gasteiger partial charge < -0.3 is 10.6 Å². The van der Waals surface area contributed by atoms with E-state index in [0.717, 1.165) is 29.4 Å². The number of hydrogen-bond acceptors (Lipinski definition) is 4. The van der Waals surface area contributed by atoms with Gasteiger partial charge in [-0.2, -0.15) is 11.8 Å². The molecule has 0 saturated carbocycles. The molecule has 0 radical (unpaired) electrons. The summed E-state index contributed by atoms with van der Waals surface area (Å²) in [6.45, 7) is 2.83. The number of aromatic nitrogens is 2. The summed E-state index contributed by atoms with van der Waals surface area (Å²) in [5, 5.41) is 0.443. The third-order valence-electron chi connectivity index (χ3n) is 2.06. The first-order chi connectivity index (χ1) is 7.59. The Kier molecular flexibility index (Phi) is 5.48. The van der Waals surface area contributed by atoms with E-state index in [1.807, 2.05) is 36.7 Å². The molecule has 0 aliphatic carbocycles. The molecule has 6 heteroatoms. The fourth-order valence-electron chi connectivity index (χ4n) is 1.08. The topological polar surface area (TPSA) is 55.0 Å². The fourth-order valence-corrected chi connectivity index (χ4v) is 2.08. The molecule has 88 valence electrons. The molecule has 0 saturated heterocycles. The van der Waals surface area contributed by atoms with Crippen molar-refractivity contribution in [1.82, 2.24) is 14.9 Å². The second-order valence-corrected chi connectivity index (χ2v) is 4.99. The zero-order valence-electron chi connectivity index (χ0n) is 9.51. The van der Waals surface area contributed by atoms with Gasteiger partial charge in [0.1, 0.15) is 6.33 Å². The van der Waals surface area contributed by atoms with Gasteiger partial charge in [0.25, 0.3) is 0 Å². The second kappa shape index (κ2) is 6.65. The molecule has 1 aromatic heterocycles. The highest BCUT2D eigenvalue weighted by Gasteiger charge is 2.00. The predicted octanol–water partition coefficient (Wildman–Crippen LogP) is 1.19. The molecule has 0 bridgehead atoms. The van der Waals surface area contributed by atoms with Gasteiger partial charge in [-0.3, -0.25) is 0 Å². The molecule has 0 fully saturated rings. The number of thiocarbonyl (C=S) groups is 1. The third kappa shape index (κ3) is 4.76. The molecule has 0 amide bonds. The molecule has 0 unspecified atom stereocenters. The molecule has 0 aliphatic heterocycles. The lowest BCUT2D eigenvalue weighted by Crippen LogP contribution is -2.33. The Morgan fingerprint density at radius 2 is 2.31 bits per heavy atom. The van der Waals surface area contributed by atoms with E-state index in [2.05, 4.69) is 9.97 Å². The molecular weight excluding hydrogens is 240 g/mol. The molecule has 4 nitrogen and oxygen atoms in total. The smallest absolute Gasteiger partial charge is 0.166 e. The first-order valence-corrected chi connectivity index (χ1v) is 6.51. The van der Waals surface area contributed by atoms with Crippen molar-refractivity contribution >= 4 is 29.1 Å². The summed E-state index contributed by atoms with van der Waals surface area (Å²) in [6.07, 6.45) is 1.60. The van der Waals surface area contributed by atoms with Crippen LogP contribution in [0.1, 0.15) is 11.4 Å². The minimum absolute atomic E-state index is 0.443. The highest BCUT2D eigenvalue weighted by atomic mass is 32.2. The maximum absolute atomic E-state index is 5.48. The molecule has 0 atom stereocenters. The van der Waals surface area contributed by atoms with Crippen LogP contribution in [-0.2, 0) is 5.75 Å². The summed E-state index contributed by atoms with van der Waals surface area (Å²) >= 11 is 6.67. The Balaban J connectivity index is 2.23. The van der Waals surface area contributed by atoms with Crippen LogP contribution < -0.4 is 5.73 Å². The van der Waals surface area contributed by atoms with Crippen LogP contribution in [0.5, 0.6) is 0 Å². The monoisotopic (exact) mass is 256 g/mol. The van der Waals surface area contributed by atoms with Crippen LogP contribution in [0.4, 0.5) is 0 Å². The maximum atomic E-state index is 5.48. The Morgan fingerprint density at radius 1 is 1.56 bits per heavy atom. The lowest BCUT2D eigenvalue weighted by molar-refractivity contribution is 0.544. The van der Waals surface area contributed by atoms with Crippen molar-refractivity contribution in [3.05, 3.63) is 23.8 Å². The Labute approximate surface area is 106 Å². The van der Waals surface area contributed by atoms with E-state index >= 15 is 0 Å². The molecule has 0 spiro atoms. The highest BCUT2D eigenvalue weighted by Crippen LogP contribution is 2.09. The van der Waals surface area contributed by atoms with Gasteiger partial charge in [-0.1, -0.05) is 0 Å². The van der Waals surface area contributed by atoms with Gasteiger partial charge in [0, 0.05) is 30.8 Å². The molecule has 0 aliphatic rings. The van der Waals surface area contributed by atoms with Crippen LogP contribution in [0, 0.1) is 6.92 Å². The zero-order chi connectivity index (χ0) is 12.0. The van der Waals surface area contributed by atoms with Gasteiger partial charge in [-0.15, -0.1) is 0 Å². The van der Waals surface area contributed by atoms with Gasteiger partial charge in [-0.25, -0.2) is 9.97 Å². The largest absolute Gasteiger partial charge is 0.376 e. The number of nitrogens with two attached hydrogens (primary N) is 1. The molecule has 1 rings (SSSR count). The van der Waals surface area contributed by atoms with Crippen molar-refractivity contribution in [2.45, 2.75) is 12.7 Å². The summed E-state index contributed by atoms with van der Waals surface area (Å²) in [4.78, 5) is 10.1. The van der Waals surface area contributed by atoms with Crippen molar-refractivity contribution in [2.75, 3.05) is 19.3 Å². The predicted molar refractivity (Wildman–Crippen MR) is 72.3 cm³/mol. The summed E-state index contributed by atoms with van der Waals surface area (Å²) in [7, 11) is 1.90. The van der Waals surface area contributed by atoms with Crippen molar-refractivity contribution < 1.29 is 0 Å². The van der Waals surface area contributed by atoms with E-state index in [1.54, 1.807) is 6.33 Å². The number of aryl methyl sites for hydroxylation is 1. The van der Waals surface area contributed by atoms with E-state index < -0.39 is 0 Å². The van der Waals surface area contributed by atoms with E-state index in [4.69, 9.17) is 18.0 Å². The molecular formula is C10H16N4S2. The average molecular weight is 256 g/mol. The van der Waals surface area contributed by atoms with Crippen LogP contribution in [-0.4, -0.2) is 39.3 Å². The van der Waals surface area contributed by atoms with Gasteiger partial charge in [0.05, 0.1) is 5.69 Å². The second-order valence-electron chi connectivity index (χ2n) is 3.46. The summed E-state index contributed by atoms with van der Waals surface area (Å²) in [5.74, 6) is 1.88. The summed E-state index contributed by atoms with van der Waals surface area (Å²) in [6, 6.07) is 2.00. The van der Waals surface area contributed by atoms with Crippen molar-refractivity contribution in [3.8, 4) is 0 Å². The number of thioether (sulfide) groups is 1. The fraction of sp³-hybridized carbons (Fsp3) is 0.500. The van der Waals surface area contributed by atoms with Crippen LogP contribution in [0.3, 0.4) is 0 Å². The number of nitrogens with zero attached hydrogens (tertiary/aromatic N) is 3. The standard InChI is InChI=1S/C10H16N4S2/c1-8-5-9(13-7-12-8)6-16-4-3-14(2)10(11)15/h5,7H,3-4,6H2,1-2H3,(H2,11,15). The van der Waals surface area contributed by atoms with E-state index in [-0.39, 0.29) is 0 Å². The van der Waals surface area contributed by atoms with Gasteiger partial charge >= 0.3 is 0 Å². The lowest BCUT2D eigenvalue weighted by atomic mass is 10.4. The van der Waals surface area contributed by atoms with Crippen LogP contribution in [0.25, 0.3) is 0 Å². The molecule has 16 heavy (non-hydrogen) atoms. The minimum Gasteiger partial charge on any atom is -0.376 e. The quantitative estimate of drug-likeness (QED) is 0.631. The Hall–Kier alpha value is -0.880. The molecule has 0 aromatic carbocycles. The summed E-state index contributed by atoms with van der Waals surface area (Å²) < 4.78 is 0. The van der Waals surface area contributed by atoms with E-state index in [9.17, 15) is 0 Å². The maximum Gasteiger partial charge on any atom is 0.166 e. The van der Waals surface area contributed by atoms with Crippen LogP contribution >= 0.6 is 24.0 Å². The van der Waals surface area contributed by atoms with E-state index in [0.29, 0.717) is 5.11 Å². The summed E-state index contributed by atoms with van der Waals surface area (Å²) in [5.41, 5.74) is 7.55. The molecule has 2 N–H and O–H groups in total. The lowest BCUT2D eigenvalue weighted by Gasteiger charge is -2.15. The van der Waals surface area contributed by atoms with E-state index in [1.165, 1.54) is 0 Å². The van der Waals surface area contributed by atoms with Crippen LogP contribution in [0.2, 0.25) is 0 Å². The average Bonchev–Trinajstić information content (AvgIpc) is 2.24. The van der Waals surface area contributed by atoms with Gasteiger partial charge in [-0.05, 0) is 25.2 Å². The van der Waals surface area contributed by atoms with Crippen LogP contribution in [0.15, 0.2) is 12.4 Å². The van der Waals surface area contributed by atoms with Crippen molar-refractivity contribution in [3.63, 3.8) is 0 Å². The Morgan fingerprint density at radius 3 is 2.94 bits per heavy atom. The first kappa shape index (κ1) is 13.2. The highest BCUT2D eigenvalue weighted by molar-refractivity contribution is 7.98. The van der Waals surface area contributed by atoms with Gasteiger partial charge in [0.15, 0.2) is 5.11 Å². The first-order valence-electron chi connectivity index (χ1n) is 4.95. The van der Waals surface area contributed by atoms with Crippen molar-refractivity contribution in [1.29, 1.82) is 0 Å². The SMILES string of the molecule is Cc1cc(CSCCN(C)C(N)=S)ncn1. The number of rotatable bonds is 5. The third-order valence-corrected chi connectivity index (χ3v) is 3.34.